The van der Waals surface area contributed by atoms with E-state index in [1.165, 1.54) is 19.2 Å². The van der Waals surface area contributed by atoms with Crippen LogP contribution in [0.4, 0.5) is 0 Å². The molecule has 2 rings (SSSR count). The quantitative estimate of drug-likeness (QED) is 0.661. The summed E-state index contributed by atoms with van der Waals surface area (Å²) in [4.78, 5) is 12.1. The van der Waals surface area contributed by atoms with Crippen molar-refractivity contribution >= 4 is 5.91 Å². The molecule has 1 aromatic carbocycles. The largest absolute Gasteiger partial charge is 0.508 e. The third-order valence-corrected chi connectivity index (χ3v) is 3.95. The van der Waals surface area contributed by atoms with Crippen molar-refractivity contribution in [1.29, 1.82) is 0 Å². The van der Waals surface area contributed by atoms with Gasteiger partial charge in [0.15, 0.2) is 0 Å². The number of rotatable bonds is 4. The number of hydrogen-bond donors (Lipinski definition) is 4. The van der Waals surface area contributed by atoms with E-state index in [-0.39, 0.29) is 36.0 Å². The van der Waals surface area contributed by atoms with Crippen molar-refractivity contribution in [3.8, 4) is 11.5 Å². The molecule has 21 heavy (non-hydrogen) atoms. The summed E-state index contributed by atoms with van der Waals surface area (Å²) in [6.07, 6.45) is 0.831. The summed E-state index contributed by atoms with van der Waals surface area (Å²) in [5, 5.41) is 31.4. The van der Waals surface area contributed by atoms with Crippen LogP contribution in [0.2, 0.25) is 0 Å². The minimum absolute atomic E-state index is 0.0215. The number of carbonyl (C=O) groups excluding carboxylic acids is 1. The minimum Gasteiger partial charge on any atom is -0.508 e. The number of phenols is 2. The number of methoxy groups -OCH3 is 1. The van der Waals surface area contributed by atoms with Crippen LogP contribution in [0, 0.1) is 5.92 Å². The van der Waals surface area contributed by atoms with Crippen LogP contribution in [0.1, 0.15) is 24.8 Å². The Labute approximate surface area is 123 Å². The van der Waals surface area contributed by atoms with Gasteiger partial charge in [0.1, 0.15) is 11.5 Å². The van der Waals surface area contributed by atoms with E-state index >= 15 is 0 Å². The van der Waals surface area contributed by atoms with Crippen molar-refractivity contribution in [2.24, 2.45) is 5.92 Å². The van der Waals surface area contributed by atoms with E-state index in [0.29, 0.717) is 24.8 Å². The van der Waals surface area contributed by atoms with Crippen LogP contribution in [-0.4, -0.2) is 40.5 Å². The summed E-state index contributed by atoms with van der Waals surface area (Å²) in [5.41, 5.74) is 0.542. The maximum Gasteiger partial charge on any atom is 0.223 e. The number of aromatic hydroxyl groups is 2. The Morgan fingerprint density at radius 2 is 2.14 bits per heavy atom. The lowest BCUT2D eigenvalue weighted by molar-refractivity contribution is -0.130. The third-order valence-electron chi connectivity index (χ3n) is 3.95. The number of ether oxygens (including phenoxy) is 1. The highest BCUT2D eigenvalue weighted by molar-refractivity contribution is 5.78. The molecule has 0 unspecified atom stereocenters. The van der Waals surface area contributed by atoms with Gasteiger partial charge in [-0.05, 0) is 31.4 Å². The van der Waals surface area contributed by atoms with Gasteiger partial charge < -0.3 is 25.4 Å². The second-order valence-electron chi connectivity index (χ2n) is 5.38. The van der Waals surface area contributed by atoms with E-state index in [9.17, 15) is 20.1 Å². The van der Waals surface area contributed by atoms with Crippen molar-refractivity contribution in [2.45, 2.75) is 38.0 Å². The smallest absolute Gasteiger partial charge is 0.223 e. The molecule has 6 heteroatoms. The summed E-state index contributed by atoms with van der Waals surface area (Å²) in [5.74, 6) is -0.384. The van der Waals surface area contributed by atoms with Crippen molar-refractivity contribution in [2.75, 3.05) is 7.11 Å². The number of phenolic OH excluding ortho intramolecular Hbond substituents is 2. The van der Waals surface area contributed by atoms with Gasteiger partial charge in [-0.3, -0.25) is 4.79 Å². The molecular formula is C15H21NO5. The van der Waals surface area contributed by atoms with Crippen LogP contribution >= 0.6 is 0 Å². The van der Waals surface area contributed by atoms with Crippen molar-refractivity contribution in [3.63, 3.8) is 0 Å². The topological polar surface area (TPSA) is 99.0 Å². The molecule has 6 nitrogen and oxygen atoms in total. The zero-order valence-electron chi connectivity index (χ0n) is 12.0. The molecule has 0 radical (unpaired) electrons. The minimum atomic E-state index is -0.514. The first-order valence-electron chi connectivity index (χ1n) is 7.00. The molecule has 1 aliphatic carbocycles. The van der Waals surface area contributed by atoms with Crippen molar-refractivity contribution in [3.05, 3.63) is 23.8 Å². The first-order chi connectivity index (χ1) is 10.0. The fraction of sp³-hybridized carbons (Fsp3) is 0.533. The Balaban J connectivity index is 1.90. The molecular weight excluding hydrogens is 274 g/mol. The molecule has 1 fully saturated rings. The molecule has 0 saturated heterocycles. The average Bonchev–Trinajstić information content (AvgIpc) is 2.46. The summed E-state index contributed by atoms with van der Waals surface area (Å²) in [7, 11) is 1.53. The highest BCUT2D eigenvalue weighted by atomic mass is 16.5. The average molecular weight is 295 g/mol. The Kier molecular flexibility index (Phi) is 5.03. The predicted molar refractivity (Wildman–Crippen MR) is 75.8 cm³/mol. The van der Waals surface area contributed by atoms with E-state index in [1.54, 1.807) is 6.07 Å². The van der Waals surface area contributed by atoms with Crippen LogP contribution in [-0.2, 0) is 16.1 Å². The number of nitrogens with one attached hydrogen (secondary N) is 1. The van der Waals surface area contributed by atoms with Gasteiger partial charge in [-0.1, -0.05) is 0 Å². The van der Waals surface area contributed by atoms with Gasteiger partial charge in [0, 0.05) is 31.2 Å². The fourth-order valence-electron chi connectivity index (χ4n) is 2.63. The first-order valence-corrected chi connectivity index (χ1v) is 7.00. The molecule has 1 amide bonds. The molecule has 116 valence electrons. The maximum absolute atomic E-state index is 12.1. The Morgan fingerprint density at radius 1 is 1.38 bits per heavy atom. The third kappa shape index (κ3) is 3.86. The zero-order valence-corrected chi connectivity index (χ0v) is 12.0. The number of benzene rings is 1. The number of amides is 1. The maximum atomic E-state index is 12.1. The Morgan fingerprint density at radius 3 is 2.81 bits per heavy atom. The SMILES string of the molecule is CO[C@@H]1C[C@H](C(=O)NCc2ccc(O)cc2O)CC[C@@H]1O. The molecule has 0 bridgehead atoms. The van der Waals surface area contributed by atoms with E-state index in [0.717, 1.165) is 0 Å². The first kappa shape index (κ1) is 15.6. The van der Waals surface area contributed by atoms with Gasteiger partial charge in [-0.15, -0.1) is 0 Å². The molecule has 0 aliphatic heterocycles. The van der Waals surface area contributed by atoms with Gasteiger partial charge in [0.05, 0.1) is 12.2 Å². The molecule has 0 heterocycles. The second-order valence-corrected chi connectivity index (χ2v) is 5.38. The summed E-state index contributed by atoms with van der Waals surface area (Å²) in [6, 6.07) is 4.26. The van der Waals surface area contributed by atoms with Gasteiger partial charge in [0.2, 0.25) is 5.91 Å². The molecule has 0 spiro atoms. The monoisotopic (exact) mass is 295 g/mol. The van der Waals surface area contributed by atoms with Gasteiger partial charge in [0.25, 0.3) is 0 Å². The van der Waals surface area contributed by atoms with E-state index in [4.69, 9.17) is 4.74 Å². The number of aliphatic hydroxyl groups is 1. The molecule has 0 aromatic heterocycles. The van der Waals surface area contributed by atoms with Crippen molar-refractivity contribution < 1.29 is 24.9 Å². The number of carbonyl (C=O) groups is 1. The summed E-state index contributed by atoms with van der Waals surface area (Å²) < 4.78 is 5.18. The van der Waals surface area contributed by atoms with Gasteiger partial charge in [-0.2, -0.15) is 0 Å². The molecule has 1 saturated carbocycles. The zero-order chi connectivity index (χ0) is 15.4. The van der Waals surface area contributed by atoms with Crippen LogP contribution in [0.15, 0.2) is 18.2 Å². The molecule has 4 N–H and O–H groups in total. The van der Waals surface area contributed by atoms with Crippen LogP contribution in [0.5, 0.6) is 11.5 Å². The normalized spacial score (nSPS) is 25.5. The second kappa shape index (κ2) is 6.78. The van der Waals surface area contributed by atoms with Crippen LogP contribution in [0.3, 0.4) is 0 Å². The predicted octanol–water partition coefficient (Wildman–Crippen LogP) is 0.890. The highest BCUT2D eigenvalue weighted by Crippen LogP contribution is 2.27. The molecule has 1 aliphatic rings. The Hall–Kier alpha value is -1.79. The van der Waals surface area contributed by atoms with Gasteiger partial charge in [-0.25, -0.2) is 0 Å². The summed E-state index contributed by atoms with van der Waals surface area (Å²) >= 11 is 0. The molecule has 3 atom stereocenters. The number of aliphatic hydroxyl groups excluding tert-OH is 1. The lowest BCUT2D eigenvalue weighted by atomic mass is 9.84. The Bertz CT molecular complexity index is 505. The van der Waals surface area contributed by atoms with E-state index in [2.05, 4.69) is 5.32 Å². The van der Waals surface area contributed by atoms with E-state index < -0.39 is 6.10 Å². The number of hydrogen-bond acceptors (Lipinski definition) is 5. The lowest BCUT2D eigenvalue weighted by Crippen LogP contribution is -2.41. The molecule has 1 aromatic rings. The van der Waals surface area contributed by atoms with Crippen molar-refractivity contribution in [1.82, 2.24) is 5.32 Å². The fourth-order valence-corrected chi connectivity index (χ4v) is 2.63. The van der Waals surface area contributed by atoms with Crippen LogP contribution in [0.25, 0.3) is 0 Å². The standard InChI is InChI=1S/C15H21NO5/c1-21-14-6-9(3-5-12(14)18)15(20)16-8-10-2-4-11(17)7-13(10)19/h2,4,7,9,12,14,17-19H,3,5-6,8H2,1H3,(H,16,20)/t9-,12+,14-/m1/s1. The highest BCUT2D eigenvalue weighted by Gasteiger charge is 2.32. The van der Waals surface area contributed by atoms with E-state index in [1.807, 2.05) is 0 Å². The van der Waals surface area contributed by atoms with Crippen LogP contribution < -0.4 is 5.32 Å². The lowest BCUT2D eigenvalue weighted by Gasteiger charge is -2.31. The summed E-state index contributed by atoms with van der Waals surface area (Å²) in [6.45, 7) is 0.196. The van der Waals surface area contributed by atoms with Gasteiger partial charge >= 0.3 is 0 Å².